The third-order valence-electron chi connectivity index (χ3n) is 3.78. The molecule has 0 radical (unpaired) electrons. The SMILES string of the molecule is O=NC(=O)c1ccc(NNc2ccc(C(=O)NC(CC(=O)[O-])C(=O)[O-])cc2O)cc1. The van der Waals surface area contributed by atoms with Crippen molar-refractivity contribution < 1.29 is 34.5 Å². The average Bonchev–Trinajstić information content (AvgIpc) is 2.71. The quantitative estimate of drug-likeness (QED) is 0.218. The fourth-order valence-corrected chi connectivity index (χ4v) is 2.27. The van der Waals surface area contributed by atoms with Crippen LogP contribution in [0.25, 0.3) is 0 Å². The monoisotopic (exact) mass is 414 g/mol. The summed E-state index contributed by atoms with van der Waals surface area (Å²) in [7, 11) is 0. The number of phenols is 1. The summed E-state index contributed by atoms with van der Waals surface area (Å²) in [6.45, 7) is 0. The number of nitrogens with one attached hydrogen (secondary N) is 3. The van der Waals surface area contributed by atoms with E-state index >= 15 is 0 Å². The van der Waals surface area contributed by atoms with Gasteiger partial charge in [-0.3, -0.25) is 15.0 Å². The minimum Gasteiger partial charge on any atom is -0.550 e. The molecular formula is C18H14N4O8-2. The molecule has 156 valence electrons. The summed E-state index contributed by atoms with van der Waals surface area (Å²) >= 11 is 0. The number of hydrogen-bond donors (Lipinski definition) is 4. The first kappa shape index (κ1) is 21.8. The highest BCUT2D eigenvalue weighted by molar-refractivity contribution is 5.98. The lowest BCUT2D eigenvalue weighted by molar-refractivity contribution is -0.317. The number of anilines is 2. The van der Waals surface area contributed by atoms with Crippen LogP contribution in [0.1, 0.15) is 27.1 Å². The van der Waals surface area contributed by atoms with Crippen molar-refractivity contribution in [1.29, 1.82) is 0 Å². The molecule has 0 aliphatic heterocycles. The summed E-state index contributed by atoms with van der Waals surface area (Å²) in [5.41, 5.74) is 5.95. The van der Waals surface area contributed by atoms with Gasteiger partial charge in [0.05, 0.1) is 23.4 Å². The molecule has 0 aliphatic carbocycles. The molecule has 0 saturated carbocycles. The van der Waals surface area contributed by atoms with Gasteiger partial charge in [0, 0.05) is 28.7 Å². The zero-order valence-electron chi connectivity index (χ0n) is 15.1. The predicted molar refractivity (Wildman–Crippen MR) is 97.8 cm³/mol. The standard InChI is InChI=1S/C18H16N4O8/c23-14-7-10(16(26)19-13(18(28)29)8-15(24)25)3-6-12(14)21-20-11-4-1-9(2-5-11)17(27)22-30/h1-7,13,20-21,23H,8H2,(H,19,26)(H,24,25)(H,28,29)/p-2. The molecule has 0 aromatic heterocycles. The predicted octanol–water partition coefficient (Wildman–Crippen LogP) is -1.27. The molecule has 2 aromatic rings. The highest BCUT2D eigenvalue weighted by Crippen LogP contribution is 2.24. The highest BCUT2D eigenvalue weighted by Gasteiger charge is 2.16. The number of hydrogen-bond acceptors (Lipinski definition) is 10. The van der Waals surface area contributed by atoms with Crippen molar-refractivity contribution in [2.45, 2.75) is 12.5 Å². The number of aromatic hydroxyl groups is 1. The van der Waals surface area contributed by atoms with Crippen molar-refractivity contribution in [3.63, 3.8) is 0 Å². The number of amides is 2. The van der Waals surface area contributed by atoms with E-state index in [1.54, 1.807) is 0 Å². The van der Waals surface area contributed by atoms with Gasteiger partial charge in [-0.05, 0) is 42.5 Å². The molecule has 0 aliphatic rings. The third-order valence-corrected chi connectivity index (χ3v) is 3.78. The average molecular weight is 414 g/mol. The van der Waals surface area contributed by atoms with E-state index in [1.165, 1.54) is 36.4 Å². The van der Waals surface area contributed by atoms with Crippen LogP contribution in [0.5, 0.6) is 5.75 Å². The van der Waals surface area contributed by atoms with Crippen LogP contribution < -0.4 is 26.4 Å². The van der Waals surface area contributed by atoms with E-state index in [1.807, 2.05) is 5.32 Å². The van der Waals surface area contributed by atoms with Crippen LogP contribution in [0, 0.1) is 4.91 Å². The second kappa shape index (κ2) is 9.64. The lowest BCUT2D eigenvalue weighted by Gasteiger charge is -2.20. The summed E-state index contributed by atoms with van der Waals surface area (Å²) in [6.07, 6.45) is -0.975. The minimum absolute atomic E-state index is 0.0994. The van der Waals surface area contributed by atoms with Crippen LogP contribution in [0.2, 0.25) is 0 Å². The molecule has 0 bridgehead atoms. The zero-order valence-corrected chi connectivity index (χ0v) is 15.1. The molecule has 30 heavy (non-hydrogen) atoms. The Labute approximate surface area is 168 Å². The minimum atomic E-state index is -1.80. The van der Waals surface area contributed by atoms with Gasteiger partial charge < -0.3 is 35.7 Å². The lowest BCUT2D eigenvalue weighted by Crippen LogP contribution is -2.50. The summed E-state index contributed by atoms with van der Waals surface area (Å²) in [6, 6.07) is 7.46. The molecule has 1 atom stereocenters. The van der Waals surface area contributed by atoms with E-state index in [4.69, 9.17) is 0 Å². The smallest absolute Gasteiger partial charge is 0.316 e. The number of aliphatic carboxylic acids is 2. The van der Waals surface area contributed by atoms with Gasteiger partial charge in [-0.15, -0.1) is 4.91 Å². The fraction of sp³-hybridized carbons (Fsp3) is 0.111. The number of carboxylic acids is 2. The van der Waals surface area contributed by atoms with Gasteiger partial charge in [-0.25, -0.2) is 0 Å². The lowest BCUT2D eigenvalue weighted by atomic mass is 10.1. The number of carbonyl (C=O) groups excluding carboxylic acids is 4. The zero-order chi connectivity index (χ0) is 22.3. The van der Waals surface area contributed by atoms with Crippen molar-refractivity contribution in [2.75, 3.05) is 10.9 Å². The highest BCUT2D eigenvalue weighted by atomic mass is 16.4. The number of rotatable bonds is 9. The van der Waals surface area contributed by atoms with Gasteiger partial charge in [-0.2, -0.15) is 0 Å². The number of carbonyl (C=O) groups is 4. The molecule has 1 unspecified atom stereocenters. The molecular weight excluding hydrogens is 400 g/mol. The molecule has 12 heteroatoms. The first-order chi connectivity index (χ1) is 14.2. The Kier molecular flexibility index (Phi) is 7.01. The Bertz CT molecular complexity index is 990. The maximum absolute atomic E-state index is 12.1. The summed E-state index contributed by atoms with van der Waals surface area (Å²) in [5, 5.41) is 35.7. The Morgan fingerprint density at radius 1 is 0.967 bits per heavy atom. The maximum Gasteiger partial charge on any atom is 0.316 e. The Hall–Kier alpha value is -4.48. The number of phenolic OH excluding ortho intramolecular Hbond substituents is 1. The van der Waals surface area contributed by atoms with Crippen molar-refractivity contribution in [2.24, 2.45) is 5.18 Å². The van der Waals surface area contributed by atoms with E-state index in [2.05, 4.69) is 16.0 Å². The van der Waals surface area contributed by atoms with Crippen LogP contribution in [0.3, 0.4) is 0 Å². The largest absolute Gasteiger partial charge is 0.550 e. The van der Waals surface area contributed by atoms with Gasteiger partial charge in [0.15, 0.2) is 0 Å². The van der Waals surface area contributed by atoms with Crippen LogP contribution in [0.15, 0.2) is 47.6 Å². The van der Waals surface area contributed by atoms with Crippen LogP contribution >= 0.6 is 0 Å². The normalized spacial score (nSPS) is 11.1. The first-order valence-corrected chi connectivity index (χ1v) is 8.25. The fourth-order valence-electron chi connectivity index (χ4n) is 2.27. The van der Waals surface area contributed by atoms with Gasteiger partial charge in [0.2, 0.25) is 0 Å². The van der Waals surface area contributed by atoms with Crippen molar-refractivity contribution in [1.82, 2.24) is 5.32 Å². The maximum atomic E-state index is 12.1. The van der Waals surface area contributed by atoms with E-state index in [0.717, 1.165) is 6.07 Å². The van der Waals surface area contributed by atoms with E-state index in [0.29, 0.717) is 5.69 Å². The topological polar surface area (TPSA) is 200 Å². The number of nitrogens with zero attached hydrogens (tertiary/aromatic N) is 1. The van der Waals surface area contributed by atoms with Gasteiger partial charge in [0.1, 0.15) is 5.75 Å². The van der Waals surface area contributed by atoms with E-state index in [9.17, 15) is 39.4 Å². The second-order valence-corrected chi connectivity index (χ2v) is 5.88. The van der Waals surface area contributed by atoms with Crippen LogP contribution in [0.4, 0.5) is 11.4 Å². The number of benzene rings is 2. The Morgan fingerprint density at radius 2 is 1.60 bits per heavy atom. The Balaban J connectivity index is 2.03. The van der Waals surface area contributed by atoms with Gasteiger partial charge in [-0.1, -0.05) is 0 Å². The molecule has 0 spiro atoms. The molecule has 2 aromatic carbocycles. The molecule has 0 saturated heterocycles. The van der Waals surface area contributed by atoms with Gasteiger partial charge >= 0.3 is 5.91 Å². The molecule has 0 fully saturated rings. The van der Waals surface area contributed by atoms with Gasteiger partial charge in [0.25, 0.3) is 5.91 Å². The molecule has 2 rings (SSSR count). The van der Waals surface area contributed by atoms with Crippen molar-refractivity contribution >= 4 is 35.1 Å². The third kappa shape index (κ3) is 5.76. The number of nitroso groups, excluding NO2 is 1. The summed E-state index contributed by atoms with van der Waals surface area (Å²) in [4.78, 5) is 54.9. The van der Waals surface area contributed by atoms with Crippen LogP contribution in [-0.2, 0) is 9.59 Å². The molecule has 0 heterocycles. The summed E-state index contributed by atoms with van der Waals surface area (Å²) in [5.74, 6) is -5.71. The van der Waals surface area contributed by atoms with Crippen molar-refractivity contribution in [3.05, 3.63) is 58.5 Å². The number of carboxylic acid groups (broad SMARTS) is 2. The van der Waals surface area contributed by atoms with Crippen molar-refractivity contribution in [3.8, 4) is 5.75 Å². The van der Waals surface area contributed by atoms with E-state index < -0.39 is 36.2 Å². The number of hydrazine groups is 1. The second-order valence-electron chi connectivity index (χ2n) is 5.88. The van der Waals surface area contributed by atoms with E-state index in [-0.39, 0.29) is 22.6 Å². The van der Waals surface area contributed by atoms with Crippen LogP contribution in [-0.4, -0.2) is 34.9 Å². The molecule has 4 N–H and O–H groups in total. The first-order valence-electron chi connectivity index (χ1n) is 8.25. The Morgan fingerprint density at radius 3 is 2.13 bits per heavy atom. The molecule has 2 amide bonds. The summed E-state index contributed by atoms with van der Waals surface area (Å²) < 4.78 is 0. The molecule has 12 nitrogen and oxygen atoms in total.